The number of rotatable bonds is 5. The van der Waals surface area contributed by atoms with E-state index < -0.39 is 23.7 Å². The van der Waals surface area contributed by atoms with Crippen molar-refractivity contribution in [2.24, 2.45) is 0 Å². The first-order valence-corrected chi connectivity index (χ1v) is 12.9. The SMILES string of the molecule is CCOC(=O)c1sc(N2C(=O)C(=O)/C(=C(/O)c3ccc4c(c3)CC(C)O4)C2c2cccc(Cl)c2)nc1C. The molecule has 3 aromatic rings. The Labute approximate surface area is 222 Å². The molecule has 5 rings (SSSR count). The normalized spacial score (nSPS) is 20.2. The Morgan fingerprint density at radius 1 is 1.27 bits per heavy atom. The van der Waals surface area contributed by atoms with E-state index in [4.69, 9.17) is 21.1 Å². The molecule has 10 heteroatoms. The lowest BCUT2D eigenvalue weighted by Gasteiger charge is -2.23. The smallest absolute Gasteiger partial charge is 0.350 e. The highest BCUT2D eigenvalue weighted by Gasteiger charge is 2.48. The Morgan fingerprint density at radius 2 is 2.05 bits per heavy atom. The number of aliphatic hydroxyl groups is 1. The molecule has 1 aromatic heterocycles. The molecule has 1 N–H and O–H groups in total. The van der Waals surface area contributed by atoms with Crippen LogP contribution < -0.4 is 9.64 Å². The molecule has 8 nitrogen and oxygen atoms in total. The Kier molecular flexibility index (Phi) is 6.51. The number of anilines is 1. The van der Waals surface area contributed by atoms with Gasteiger partial charge in [0.15, 0.2) is 5.13 Å². The average molecular weight is 539 g/mol. The molecule has 3 heterocycles. The van der Waals surface area contributed by atoms with E-state index in [9.17, 15) is 19.5 Å². The molecule has 2 aliphatic heterocycles. The van der Waals surface area contributed by atoms with Crippen LogP contribution in [0.3, 0.4) is 0 Å². The van der Waals surface area contributed by atoms with E-state index in [0.717, 1.165) is 22.6 Å². The zero-order chi connectivity index (χ0) is 26.4. The van der Waals surface area contributed by atoms with Crippen LogP contribution in [-0.4, -0.2) is 40.5 Å². The van der Waals surface area contributed by atoms with Gasteiger partial charge in [-0.3, -0.25) is 14.5 Å². The number of nitrogens with zero attached hydrogens (tertiary/aromatic N) is 2. The van der Waals surface area contributed by atoms with Gasteiger partial charge in [-0.05, 0) is 62.2 Å². The number of ether oxygens (including phenoxy) is 2. The van der Waals surface area contributed by atoms with Crippen LogP contribution in [0.5, 0.6) is 5.75 Å². The average Bonchev–Trinajstić information content (AvgIpc) is 3.51. The summed E-state index contributed by atoms with van der Waals surface area (Å²) in [5.41, 5.74) is 2.09. The van der Waals surface area contributed by atoms with E-state index in [1.807, 2.05) is 6.92 Å². The van der Waals surface area contributed by atoms with Crippen molar-refractivity contribution in [1.82, 2.24) is 4.98 Å². The number of benzene rings is 2. The summed E-state index contributed by atoms with van der Waals surface area (Å²) in [7, 11) is 0. The maximum atomic E-state index is 13.4. The lowest BCUT2D eigenvalue weighted by Crippen LogP contribution is -2.29. The van der Waals surface area contributed by atoms with Crippen molar-refractivity contribution in [2.75, 3.05) is 11.5 Å². The first kappa shape index (κ1) is 25.0. The van der Waals surface area contributed by atoms with Crippen LogP contribution in [0.2, 0.25) is 5.02 Å². The zero-order valence-electron chi connectivity index (χ0n) is 20.3. The van der Waals surface area contributed by atoms with Crippen LogP contribution in [0.15, 0.2) is 48.0 Å². The summed E-state index contributed by atoms with van der Waals surface area (Å²) < 4.78 is 10.9. The molecule has 2 unspecified atom stereocenters. The van der Waals surface area contributed by atoms with Crippen molar-refractivity contribution < 1.29 is 29.0 Å². The molecule has 2 aromatic carbocycles. The number of Topliss-reactive ketones (excluding diaryl/α,β-unsaturated/α-hetero) is 1. The van der Waals surface area contributed by atoms with Crippen LogP contribution in [0.4, 0.5) is 5.13 Å². The van der Waals surface area contributed by atoms with Gasteiger partial charge >= 0.3 is 11.9 Å². The molecule has 1 amide bonds. The van der Waals surface area contributed by atoms with Crippen LogP contribution in [-0.2, 0) is 20.7 Å². The van der Waals surface area contributed by atoms with Gasteiger partial charge in [-0.25, -0.2) is 9.78 Å². The fourth-order valence-electron chi connectivity index (χ4n) is 4.62. The number of carbonyl (C=O) groups is 3. The summed E-state index contributed by atoms with van der Waals surface area (Å²) in [6, 6.07) is 10.9. The largest absolute Gasteiger partial charge is 0.507 e. The molecule has 2 aliphatic rings. The number of fused-ring (bicyclic) bond motifs is 1. The summed E-state index contributed by atoms with van der Waals surface area (Å²) >= 11 is 7.22. The van der Waals surface area contributed by atoms with Crippen LogP contribution in [0, 0.1) is 6.92 Å². The molecular formula is C27H23ClN2O6S. The second kappa shape index (κ2) is 9.64. The second-order valence-electron chi connectivity index (χ2n) is 8.81. The van der Waals surface area contributed by atoms with E-state index in [2.05, 4.69) is 4.98 Å². The highest BCUT2D eigenvalue weighted by molar-refractivity contribution is 7.17. The van der Waals surface area contributed by atoms with Crippen molar-refractivity contribution in [3.8, 4) is 5.75 Å². The third kappa shape index (κ3) is 4.38. The van der Waals surface area contributed by atoms with Crippen molar-refractivity contribution >= 4 is 51.5 Å². The van der Waals surface area contributed by atoms with Gasteiger partial charge in [0.25, 0.3) is 5.78 Å². The molecule has 190 valence electrons. The number of carbonyl (C=O) groups excluding carboxylic acids is 3. The molecule has 0 radical (unpaired) electrons. The molecule has 0 aliphatic carbocycles. The van der Waals surface area contributed by atoms with Crippen molar-refractivity contribution in [2.45, 2.75) is 39.3 Å². The lowest BCUT2D eigenvalue weighted by atomic mass is 9.94. The van der Waals surface area contributed by atoms with Gasteiger partial charge < -0.3 is 14.6 Å². The number of aryl methyl sites for hydroxylation is 1. The fraction of sp³-hybridized carbons (Fsp3) is 0.259. The molecule has 2 atom stereocenters. The Morgan fingerprint density at radius 3 is 2.78 bits per heavy atom. The molecule has 0 spiro atoms. The standard InChI is InChI=1S/C27H23ClN2O6S/c1-4-35-26(34)24-14(3)29-27(37-24)30-21(15-6-5-7-18(28)12-15)20(23(32)25(30)33)22(31)16-8-9-19-17(11-16)10-13(2)36-19/h5-9,11-13,21,31H,4,10H2,1-3H3/b22-20+. The molecule has 1 fully saturated rings. The van der Waals surface area contributed by atoms with E-state index in [1.165, 1.54) is 4.90 Å². The lowest BCUT2D eigenvalue weighted by molar-refractivity contribution is -0.132. The third-order valence-electron chi connectivity index (χ3n) is 6.23. The summed E-state index contributed by atoms with van der Waals surface area (Å²) in [4.78, 5) is 45.1. The molecule has 37 heavy (non-hydrogen) atoms. The van der Waals surface area contributed by atoms with Gasteiger partial charge in [0.05, 0.1) is 23.9 Å². The third-order valence-corrected chi connectivity index (χ3v) is 7.60. The van der Waals surface area contributed by atoms with E-state index in [0.29, 0.717) is 28.3 Å². The van der Waals surface area contributed by atoms with Gasteiger partial charge in [0.1, 0.15) is 22.5 Å². The molecule has 0 saturated carbocycles. The predicted octanol–water partition coefficient (Wildman–Crippen LogP) is 5.23. The number of hydrogen-bond donors (Lipinski definition) is 1. The van der Waals surface area contributed by atoms with Crippen molar-refractivity contribution in [3.05, 3.63) is 80.3 Å². The minimum absolute atomic E-state index is 0.00572. The van der Waals surface area contributed by atoms with Gasteiger partial charge in [0.2, 0.25) is 0 Å². The zero-order valence-corrected chi connectivity index (χ0v) is 21.9. The van der Waals surface area contributed by atoms with Gasteiger partial charge in [-0.15, -0.1) is 0 Å². The minimum atomic E-state index is -1.01. The highest BCUT2D eigenvalue weighted by atomic mass is 35.5. The molecule has 0 bridgehead atoms. The number of thiazole rings is 1. The Hall–Kier alpha value is -3.69. The summed E-state index contributed by atoms with van der Waals surface area (Å²) in [6.07, 6.45) is 0.670. The Balaban J connectivity index is 1.67. The number of amides is 1. The molecule has 1 saturated heterocycles. The number of halogens is 1. The number of esters is 1. The molecular weight excluding hydrogens is 516 g/mol. The topological polar surface area (TPSA) is 106 Å². The number of ketones is 1. The first-order valence-electron chi connectivity index (χ1n) is 11.7. The van der Waals surface area contributed by atoms with Gasteiger partial charge in [-0.2, -0.15) is 0 Å². The van der Waals surface area contributed by atoms with E-state index >= 15 is 0 Å². The van der Waals surface area contributed by atoms with Gasteiger partial charge in [0, 0.05) is 17.0 Å². The van der Waals surface area contributed by atoms with Crippen molar-refractivity contribution in [3.63, 3.8) is 0 Å². The minimum Gasteiger partial charge on any atom is -0.507 e. The summed E-state index contributed by atoms with van der Waals surface area (Å²) in [5.74, 6) is -1.88. The number of hydrogen-bond acceptors (Lipinski definition) is 8. The van der Waals surface area contributed by atoms with Crippen LogP contribution in [0.25, 0.3) is 5.76 Å². The van der Waals surface area contributed by atoms with E-state index in [-0.39, 0.29) is 34.1 Å². The quantitative estimate of drug-likeness (QED) is 0.205. The van der Waals surface area contributed by atoms with Gasteiger partial charge in [-0.1, -0.05) is 35.1 Å². The number of aromatic nitrogens is 1. The summed E-state index contributed by atoms with van der Waals surface area (Å²) in [5, 5.41) is 11.9. The second-order valence-corrected chi connectivity index (χ2v) is 10.2. The highest BCUT2D eigenvalue weighted by Crippen LogP contribution is 2.44. The van der Waals surface area contributed by atoms with E-state index in [1.54, 1.807) is 56.3 Å². The number of aliphatic hydroxyl groups excluding tert-OH is 1. The maximum Gasteiger partial charge on any atom is 0.350 e. The Bertz CT molecular complexity index is 1480. The van der Waals surface area contributed by atoms with Crippen LogP contribution >= 0.6 is 22.9 Å². The maximum absolute atomic E-state index is 13.4. The van der Waals surface area contributed by atoms with Crippen LogP contribution in [0.1, 0.15) is 51.9 Å². The van der Waals surface area contributed by atoms with Crippen molar-refractivity contribution in [1.29, 1.82) is 0 Å². The first-order chi connectivity index (χ1) is 17.7. The monoisotopic (exact) mass is 538 g/mol. The fourth-order valence-corrected chi connectivity index (χ4v) is 5.80. The predicted molar refractivity (Wildman–Crippen MR) is 139 cm³/mol. The summed E-state index contributed by atoms with van der Waals surface area (Å²) in [6.45, 7) is 5.46.